The van der Waals surface area contributed by atoms with Crippen molar-refractivity contribution in [2.45, 2.75) is 40.0 Å². The lowest BCUT2D eigenvalue weighted by Crippen LogP contribution is -2.25. The summed E-state index contributed by atoms with van der Waals surface area (Å²) in [5, 5.41) is 15.5. The fourth-order valence-corrected chi connectivity index (χ4v) is 3.52. The summed E-state index contributed by atoms with van der Waals surface area (Å²) in [6.07, 6.45) is 3.48. The lowest BCUT2D eigenvalue weighted by atomic mass is 9.87. The molecular formula is C14H24N4O2. The molecule has 0 spiro atoms. The minimum Gasteiger partial charge on any atom is -0.351 e. The number of hydrogen-bond donors (Lipinski definition) is 0. The average molecular weight is 280 g/mol. The largest absolute Gasteiger partial charge is 0.351 e. The van der Waals surface area contributed by atoms with Gasteiger partial charge in [-0.1, -0.05) is 26.7 Å². The Morgan fingerprint density at radius 1 is 1.45 bits per heavy atom. The van der Waals surface area contributed by atoms with Crippen molar-refractivity contribution >= 4 is 11.5 Å². The van der Waals surface area contributed by atoms with Crippen LogP contribution in [0.5, 0.6) is 0 Å². The first-order valence-electron chi connectivity index (χ1n) is 7.42. The molecule has 0 saturated carbocycles. The van der Waals surface area contributed by atoms with Crippen LogP contribution in [0.15, 0.2) is 0 Å². The van der Waals surface area contributed by atoms with Crippen molar-refractivity contribution in [2.24, 2.45) is 18.9 Å². The van der Waals surface area contributed by atoms with Crippen LogP contribution in [-0.2, 0) is 7.05 Å². The van der Waals surface area contributed by atoms with Crippen LogP contribution in [0.3, 0.4) is 0 Å². The quantitative estimate of drug-likeness (QED) is 0.614. The van der Waals surface area contributed by atoms with E-state index in [-0.39, 0.29) is 10.6 Å². The van der Waals surface area contributed by atoms with E-state index in [1.165, 1.54) is 12.8 Å². The van der Waals surface area contributed by atoms with Crippen molar-refractivity contribution in [2.75, 3.05) is 18.0 Å². The van der Waals surface area contributed by atoms with Crippen LogP contribution in [0, 0.1) is 28.9 Å². The van der Waals surface area contributed by atoms with Crippen molar-refractivity contribution in [3.63, 3.8) is 0 Å². The molecule has 1 saturated heterocycles. The molecule has 2 rings (SSSR count). The second-order valence-corrected chi connectivity index (χ2v) is 5.71. The van der Waals surface area contributed by atoms with Gasteiger partial charge in [-0.3, -0.25) is 10.1 Å². The summed E-state index contributed by atoms with van der Waals surface area (Å²) in [5.41, 5.74) is 0.663. The lowest BCUT2D eigenvalue weighted by Gasteiger charge is -2.22. The van der Waals surface area contributed by atoms with E-state index in [2.05, 4.69) is 23.8 Å². The van der Waals surface area contributed by atoms with E-state index in [9.17, 15) is 10.1 Å². The maximum atomic E-state index is 11.3. The van der Waals surface area contributed by atoms with Gasteiger partial charge in [-0.05, 0) is 25.2 Å². The number of rotatable bonds is 5. The molecule has 1 atom stereocenters. The molecule has 112 valence electrons. The normalized spacial score (nSPS) is 19.1. The van der Waals surface area contributed by atoms with Gasteiger partial charge in [0.1, 0.15) is 5.69 Å². The summed E-state index contributed by atoms with van der Waals surface area (Å²) in [5.74, 6) is 2.02. The average Bonchev–Trinajstić information content (AvgIpc) is 2.95. The standard InChI is InChI=1S/C14H24N4O2/c1-5-11(6-2)12-7-8-17(9-12)14-13(18(19)20)10(3)15-16(14)4/h11-12H,5-9H2,1-4H3. The third-order valence-electron chi connectivity index (χ3n) is 4.58. The topological polar surface area (TPSA) is 64.2 Å². The van der Waals surface area contributed by atoms with Crippen LogP contribution in [0.1, 0.15) is 38.8 Å². The van der Waals surface area contributed by atoms with E-state index in [4.69, 9.17) is 0 Å². The Kier molecular flexibility index (Phi) is 4.30. The Morgan fingerprint density at radius 2 is 2.10 bits per heavy atom. The fraction of sp³-hybridized carbons (Fsp3) is 0.786. The Balaban J connectivity index is 2.24. The second-order valence-electron chi connectivity index (χ2n) is 5.71. The molecule has 6 nitrogen and oxygen atoms in total. The zero-order valence-corrected chi connectivity index (χ0v) is 12.8. The maximum absolute atomic E-state index is 11.3. The van der Waals surface area contributed by atoms with E-state index in [1.54, 1.807) is 18.7 Å². The molecule has 0 aliphatic carbocycles. The monoisotopic (exact) mass is 280 g/mol. The number of aryl methyl sites for hydroxylation is 2. The second kappa shape index (κ2) is 5.81. The van der Waals surface area contributed by atoms with E-state index >= 15 is 0 Å². The maximum Gasteiger partial charge on any atom is 0.333 e. The lowest BCUT2D eigenvalue weighted by molar-refractivity contribution is -0.384. The summed E-state index contributed by atoms with van der Waals surface area (Å²) < 4.78 is 1.66. The number of hydrogen-bond acceptors (Lipinski definition) is 4. The van der Waals surface area contributed by atoms with Crippen LogP contribution in [0.4, 0.5) is 11.5 Å². The van der Waals surface area contributed by atoms with Gasteiger partial charge in [-0.25, -0.2) is 4.68 Å². The highest BCUT2D eigenvalue weighted by molar-refractivity contribution is 5.61. The molecule has 0 amide bonds. The summed E-state index contributed by atoms with van der Waals surface area (Å²) in [4.78, 5) is 13.1. The molecule has 1 unspecified atom stereocenters. The minimum absolute atomic E-state index is 0.165. The minimum atomic E-state index is -0.303. The van der Waals surface area contributed by atoms with Crippen LogP contribution in [-0.4, -0.2) is 27.8 Å². The first-order valence-corrected chi connectivity index (χ1v) is 7.42. The van der Waals surface area contributed by atoms with Crippen molar-refractivity contribution < 1.29 is 4.92 Å². The molecule has 0 radical (unpaired) electrons. The van der Waals surface area contributed by atoms with Crippen molar-refractivity contribution in [1.82, 2.24) is 9.78 Å². The Morgan fingerprint density at radius 3 is 2.65 bits per heavy atom. The molecule has 0 bridgehead atoms. The first-order chi connectivity index (χ1) is 9.49. The predicted octanol–water partition coefficient (Wildman–Crippen LogP) is 2.90. The van der Waals surface area contributed by atoms with Gasteiger partial charge in [0.2, 0.25) is 5.82 Å². The van der Waals surface area contributed by atoms with Gasteiger partial charge in [-0.15, -0.1) is 0 Å². The highest BCUT2D eigenvalue weighted by atomic mass is 16.6. The highest BCUT2D eigenvalue weighted by Crippen LogP contribution is 2.37. The molecular weight excluding hydrogens is 256 g/mol. The van der Waals surface area contributed by atoms with Crippen molar-refractivity contribution in [1.29, 1.82) is 0 Å². The number of nitro groups is 1. The van der Waals surface area contributed by atoms with Gasteiger partial charge in [0.25, 0.3) is 0 Å². The van der Waals surface area contributed by atoms with Gasteiger partial charge >= 0.3 is 5.69 Å². The number of anilines is 1. The van der Waals surface area contributed by atoms with E-state index in [1.807, 2.05) is 0 Å². The van der Waals surface area contributed by atoms with Crippen LogP contribution in [0.2, 0.25) is 0 Å². The molecule has 6 heteroatoms. The van der Waals surface area contributed by atoms with Gasteiger partial charge in [0.05, 0.1) is 4.92 Å². The third kappa shape index (κ3) is 2.51. The van der Waals surface area contributed by atoms with Crippen LogP contribution in [0.25, 0.3) is 0 Å². The van der Waals surface area contributed by atoms with E-state index < -0.39 is 0 Å². The Hall–Kier alpha value is -1.59. The van der Waals surface area contributed by atoms with Gasteiger partial charge in [-0.2, -0.15) is 5.10 Å². The molecule has 1 fully saturated rings. The van der Waals surface area contributed by atoms with Gasteiger partial charge in [0.15, 0.2) is 0 Å². The molecule has 1 aliphatic heterocycles. The summed E-state index contributed by atoms with van der Waals surface area (Å²) in [6.45, 7) is 7.96. The first kappa shape index (κ1) is 14.8. The zero-order valence-electron chi connectivity index (χ0n) is 12.8. The highest BCUT2D eigenvalue weighted by Gasteiger charge is 2.34. The molecule has 0 N–H and O–H groups in total. The predicted molar refractivity (Wildman–Crippen MR) is 79.0 cm³/mol. The third-order valence-corrected chi connectivity index (χ3v) is 4.58. The number of aromatic nitrogens is 2. The van der Waals surface area contributed by atoms with Gasteiger partial charge < -0.3 is 4.90 Å². The molecule has 1 aliphatic rings. The summed E-state index contributed by atoms with van der Waals surface area (Å²) in [6, 6.07) is 0. The molecule has 20 heavy (non-hydrogen) atoms. The molecule has 0 aromatic carbocycles. The SMILES string of the molecule is CCC(CC)C1CCN(c2c([N+](=O)[O-])c(C)nn2C)C1. The van der Waals surface area contributed by atoms with Crippen molar-refractivity contribution in [3.8, 4) is 0 Å². The zero-order chi connectivity index (χ0) is 14.9. The summed E-state index contributed by atoms with van der Waals surface area (Å²) in [7, 11) is 1.79. The van der Waals surface area contributed by atoms with Crippen LogP contribution < -0.4 is 4.90 Å². The van der Waals surface area contributed by atoms with E-state index in [0.29, 0.717) is 23.3 Å². The van der Waals surface area contributed by atoms with Gasteiger partial charge in [0, 0.05) is 20.1 Å². The van der Waals surface area contributed by atoms with Crippen LogP contribution >= 0.6 is 0 Å². The molecule has 2 heterocycles. The fourth-order valence-electron chi connectivity index (χ4n) is 3.52. The van der Waals surface area contributed by atoms with Crippen molar-refractivity contribution in [3.05, 3.63) is 15.8 Å². The Bertz CT molecular complexity index is 494. The Labute approximate surface area is 119 Å². The summed E-state index contributed by atoms with van der Waals surface area (Å²) >= 11 is 0. The van der Waals surface area contributed by atoms with E-state index in [0.717, 1.165) is 19.5 Å². The molecule has 1 aromatic rings. The molecule has 1 aromatic heterocycles. The smallest absolute Gasteiger partial charge is 0.333 e. The number of nitrogens with zero attached hydrogens (tertiary/aromatic N) is 4.